The molecule has 1 amide bonds. The number of carboxylic acid groups (broad SMARTS) is 1. The number of amides is 1. The van der Waals surface area contributed by atoms with E-state index in [9.17, 15) is 14.7 Å². The van der Waals surface area contributed by atoms with Crippen LogP contribution in [-0.2, 0) is 9.59 Å². The molecule has 5 heteroatoms. The SMILES string of the molecule is CC(C)[C@@H](CC(C)(C)C(=O)O)N(C)C(=O)[C@@H](N)C(C)(C)C. The summed E-state index contributed by atoms with van der Waals surface area (Å²) >= 11 is 0. The van der Waals surface area contributed by atoms with Gasteiger partial charge < -0.3 is 15.7 Å². The molecule has 0 aromatic heterocycles. The standard InChI is InChI=1S/C16H32N2O3/c1-10(2)11(9-16(6,7)14(20)21)18(8)13(19)12(17)15(3,4)5/h10-12H,9,17H2,1-8H3,(H,20,21)/t11-,12-/m1/s1. The highest BCUT2D eigenvalue weighted by molar-refractivity contribution is 5.82. The quantitative estimate of drug-likeness (QED) is 0.788. The molecular weight excluding hydrogens is 268 g/mol. The van der Waals surface area contributed by atoms with Gasteiger partial charge in [0.15, 0.2) is 0 Å². The van der Waals surface area contributed by atoms with Gasteiger partial charge >= 0.3 is 5.97 Å². The van der Waals surface area contributed by atoms with Crippen LogP contribution in [0.5, 0.6) is 0 Å². The first kappa shape index (κ1) is 19.9. The highest BCUT2D eigenvalue weighted by atomic mass is 16.4. The molecule has 0 spiro atoms. The van der Waals surface area contributed by atoms with Crippen molar-refractivity contribution in [1.82, 2.24) is 4.90 Å². The van der Waals surface area contributed by atoms with Crippen molar-refractivity contribution in [3.8, 4) is 0 Å². The maximum absolute atomic E-state index is 12.5. The Morgan fingerprint density at radius 2 is 1.57 bits per heavy atom. The molecule has 0 saturated heterocycles. The van der Waals surface area contributed by atoms with E-state index >= 15 is 0 Å². The molecule has 0 heterocycles. The molecule has 2 atom stereocenters. The summed E-state index contributed by atoms with van der Waals surface area (Å²) in [4.78, 5) is 25.5. The molecule has 0 fully saturated rings. The zero-order chi connectivity index (χ0) is 17.2. The van der Waals surface area contributed by atoms with E-state index in [0.717, 1.165) is 0 Å². The predicted molar refractivity (Wildman–Crippen MR) is 84.9 cm³/mol. The van der Waals surface area contributed by atoms with Crippen molar-refractivity contribution < 1.29 is 14.7 Å². The summed E-state index contributed by atoms with van der Waals surface area (Å²) in [7, 11) is 1.72. The van der Waals surface area contributed by atoms with E-state index in [1.54, 1.807) is 25.8 Å². The number of nitrogens with zero attached hydrogens (tertiary/aromatic N) is 1. The Hall–Kier alpha value is -1.10. The summed E-state index contributed by atoms with van der Waals surface area (Å²) in [6.07, 6.45) is 0.402. The molecule has 0 aliphatic rings. The Bertz CT molecular complexity index is 383. The Balaban J connectivity index is 5.23. The molecule has 0 aromatic rings. The monoisotopic (exact) mass is 300 g/mol. The van der Waals surface area contributed by atoms with E-state index in [-0.39, 0.29) is 23.3 Å². The minimum absolute atomic E-state index is 0.137. The van der Waals surface area contributed by atoms with Crippen LogP contribution in [0.2, 0.25) is 0 Å². The van der Waals surface area contributed by atoms with Gasteiger partial charge in [-0.15, -0.1) is 0 Å². The molecule has 0 bridgehead atoms. The number of carbonyl (C=O) groups is 2. The third-order valence-electron chi connectivity index (χ3n) is 4.11. The first-order valence-corrected chi connectivity index (χ1v) is 7.47. The van der Waals surface area contributed by atoms with Gasteiger partial charge in [0.2, 0.25) is 5.91 Å². The number of nitrogens with two attached hydrogens (primary N) is 1. The molecule has 5 nitrogen and oxygen atoms in total. The smallest absolute Gasteiger partial charge is 0.309 e. The second-order valence-corrected chi connectivity index (χ2v) is 8.00. The Morgan fingerprint density at radius 1 is 1.14 bits per heavy atom. The van der Waals surface area contributed by atoms with Gasteiger partial charge in [-0.05, 0) is 31.6 Å². The lowest BCUT2D eigenvalue weighted by molar-refractivity contribution is -0.150. The van der Waals surface area contributed by atoms with E-state index in [1.165, 1.54) is 0 Å². The topological polar surface area (TPSA) is 83.6 Å². The second-order valence-electron chi connectivity index (χ2n) is 8.00. The molecule has 0 aromatic carbocycles. The molecule has 0 aliphatic carbocycles. The predicted octanol–water partition coefficient (Wildman–Crippen LogP) is 2.34. The van der Waals surface area contributed by atoms with Crippen LogP contribution in [0.3, 0.4) is 0 Å². The van der Waals surface area contributed by atoms with Gasteiger partial charge in [0.1, 0.15) is 0 Å². The Morgan fingerprint density at radius 3 is 1.86 bits per heavy atom. The molecular formula is C16H32N2O3. The third kappa shape index (κ3) is 5.30. The van der Waals surface area contributed by atoms with Gasteiger partial charge in [-0.2, -0.15) is 0 Å². The highest BCUT2D eigenvalue weighted by Gasteiger charge is 2.38. The van der Waals surface area contributed by atoms with E-state index in [1.807, 2.05) is 34.6 Å². The first-order chi connectivity index (χ1) is 9.21. The van der Waals surface area contributed by atoms with Gasteiger partial charge in [0.25, 0.3) is 0 Å². The largest absolute Gasteiger partial charge is 0.481 e. The lowest BCUT2D eigenvalue weighted by Crippen LogP contribution is -2.54. The summed E-state index contributed by atoms with van der Waals surface area (Å²) in [5.74, 6) is -0.832. The summed E-state index contributed by atoms with van der Waals surface area (Å²) in [5, 5.41) is 9.30. The van der Waals surface area contributed by atoms with Crippen LogP contribution in [0.4, 0.5) is 0 Å². The second kappa shape index (κ2) is 6.77. The summed E-state index contributed by atoms with van der Waals surface area (Å²) in [6, 6.07) is -0.756. The number of aliphatic carboxylic acids is 1. The number of carboxylic acids is 1. The number of likely N-dealkylation sites (N-methyl/N-ethyl adjacent to an activating group) is 1. The molecule has 0 aliphatic heterocycles. The molecule has 0 radical (unpaired) electrons. The van der Waals surface area contributed by atoms with Gasteiger partial charge in [0.05, 0.1) is 11.5 Å². The number of hydrogen-bond acceptors (Lipinski definition) is 3. The Kier molecular flexibility index (Phi) is 6.42. The van der Waals surface area contributed by atoms with Crippen LogP contribution in [0, 0.1) is 16.7 Å². The highest BCUT2D eigenvalue weighted by Crippen LogP contribution is 2.29. The van der Waals surface area contributed by atoms with Gasteiger partial charge in [-0.25, -0.2) is 0 Å². The van der Waals surface area contributed by atoms with Crippen LogP contribution in [0.25, 0.3) is 0 Å². The van der Waals surface area contributed by atoms with Crippen LogP contribution < -0.4 is 5.73 Å². The van der Waals surface area contributed by atoms with Crippen LogP contribution >= 0.6 is 0 Å². The fourth-order valence-electron chi connectivity index (χ4n) is 2.18. The molecule has 0 unspecified atom stereocenters. The van der Waals surface area contributed by atoms with E-state index in [4.69, 9.17) is 5.73 Å². The van der Waals surface area contributed by atoms with Crippen molar-refractivity contribution >= 4 is 11.9 Å². The maximum atomic E-state index is 12.5. The van der Waals surface area contributed by atoms with Gasteiger partial charge in [-0.1, -0.05) is 34.6 Å². The molecule has 0 rings (SSSR count). The van der Waals surface area contributed by atoms with Gasteiger partial charge in [-0.3, -0.25) is 9.59 Å². The summed E-state index contributed by atoms with van der Waals surface area (Å²) in [6.45, 7) is 13.1. The zero-order valence-electron chi connectivity index (χ0n) is 14.7. The Labute approximate surface area is 128 Å². The van der Waals surface area contributed by atoms with Crippen molar-refractivity contribution in [2.24, 2.45) is 22.5 Å². The normalized spacial score (nSPS) is 15.7. The molecule has 3 N–H and O–H groups in total. The fourth-order valence-corrected chi connectivity index (χ4v) is 2.18. The third-order valence-corrected chi connectivity index (χ3v) is 4.11. The summed E-state index contributed by atoms with van der Waals surface area (Å²) < 4.78 is 0. The van der Waals surface area contributed by atoms with Crippen molar-refractivity contribution in [1.29, 1.82) is 0 Å². The van der Waals surface area contributed by atoms with E-state index in [2.05, 4.69) is 0 Å². The van der Waals surface area contributed by atoms with E-state index < -0.39 is 17.4 Å². The van der Waals surface area contributed by atoms with Gasteiger partial charge in [0, 0.05) is 13.1 Å². The van der Waals surface area contributed by atoms with Crippen LogP contribution in [0.15, 0.2) is 0 Å². The average Bonchev–Trinajstić information content (AvgIpc) is 2.31. The molecule has 21 heavy (non-hydrogen) atoms. The van der Waals surface area contributed by atoms with E-state index in [0.29, 0.717) is 6.42 Å². The fraction of sp³-hybridized carbons (Fsp3) is 0.875. The number of hydrogen-bond donors (Lipinski definition) is 2. The van der Waals surface area contributed by atoms with Crippen molar-refractivity contribution in [3.05, 3.63) is 0 Å². The van der Waals surface area contributed by atoms with Crippen LogP contribution in [0.1, 0.15) is 54.9 Å². The minimum atomic E-state index is -0.880. The lowest BCUT2D eigenvalue weighted by atomic mass is 9.80. The van der Waals surface area contributed by atoms with Crippen molar-refractivity contribution in [2.75, 3.05) is 7.05 Å². The first-order valence-electron chi connectivity index (χ1n) is 7.47. The molecule has 124 valence electrons. The van der Waals surface area contributed by atoms with Crippen molar-refractivity contribution in [2.45, 2.75) is 67.0 Å². The zero-order valence-corrected chi connectivity index (χ0v) is 14.7. The number of rotatable bonds is 6. The average molecular weight is 300 g/mol. The number of carbonyl (C=O) groups excluding carboxylic acids is 1. The van der Waals surface area contributed by atoms with Crippen LogP contribution in [-0.4, -0.2) is 41.0 Å². The lowest BCUT2D eigenvalue weighted by Gasteiger charge is -2.39. The maximum Gasteiger partial charge on any atom is 0.309 e. The van der Waals surface area contributed by atoms with Crippen molar-refractivity contribution in [3.63, 3.8) is 0 Å². The summed E-state index contributed by atoms with van der Waals surface area (Å²) in [5.41, 5.74) is 4.85. The molecule has 0 saturated carbocycles. The minimum Gasteiger partial charge on any atom is -0.481 e.